The SMILES string of the molecule is Cc1cc(C(=O)c2sccc2Br)sc1Cl. The lowest BCUT2D eigenvalue weighted by Crippen LogP contribution is -1.95. The number of carbonyl (C=O) groups is 1. The number of carbonyl (C=O) groups excluding carboxylic acids is 1. The summed E-state index contributed by atoms with van der Waals surface area (Å²) in [6.45, 7) is 1.90. The summed E-state index contributed by atoms with van der Waals surface area (Å²) in [5.41, 5.74) is 0.956. The molecule has 2 aromatic rings. The van der Waals surface area contributed by atoms with Gasteiger partial charge in [0.2, 0.25) is 5.78 Å². The number of thiophene rings is 2. The average molecular weight is 322 g/mol. The van der Waals surface area contributed by atoms with E-state index in [-0.39, 0.29) is 5.78 Å². The minimum absolute atomic E-state index is 0.0388. The van der Waals surface area contributed by atoms with Crippen molar-refractivity contribution in [1.82, 2.24) is 0 Å². The van der Waals surface area contributed by atoms with E-state index in [1.165, 1.54) is 22.7 Å². The number of hydrogen-bond donors (Lipinski definition) is 0. The van der Waals surface area contributed by atoms with Gasteiger partial charge in [-0.1, -0.05) is 11.6 Å². The molecule has 0 N–H and O–H groups in total. The van der Waals surface area contributed by atoms with Gasteiger partial charge in [0, 0.05) is 4.47 Å². The van der Waals surface area contributed by atoms with E-state index in [9.17, 15) is 4.79 Å². The largest absolute Gasteiger partial charge is 0.287 e. The minimum Gasteiger partial charge on any atom is -0.287 e. The summed E-state index contributed by atoms with van der Waals surface area (Å²) in [7, 11) is 0. The van der Waals surface area contributed by atoms with Crippen LogP contribution in [0.4, 0.5) is 0 Å². The second-order valence-corrected chi connectivity index (χ2v) is 6.42. The van der Waals surface area contributed by atoms with E-state index in [2.05, 4.69) is 15.9 Å². The van der Waals surface area contributed by atoms with Crippen molar-refractivity contribution in [3.63, 3.8) is 0 Å². The second kappa shape index (κ2) is 4.37. The Morgan fingerprint density at radius 2 is 2.27 bits per heavy atom. The third kappa shape index (κ3) is 2.18. The first-order valence-corrected chi connectivity index (χ1v) is 7.00. The summed E-state index contributed by atoms with van der Waals surface area (Å²) in [4.78, 5) is 13.5. The molecule has 0 saturated carbocycles. The molecular formula is C10H6BrClOS2. The zero-order valence-electron chi connectivity index (χ0n) is 7.71. The van der Waals surface area contributed by atoms with Crippen molar-refractivity contribution >= 4 is 56.0 Å². The van der Waals surface area contributed by atoms with E-state index in [0.29, 0.717) is 9.21 Å². The van der Waals surface area contributed by atoms with Crippen molar-refractivity contribution in [3.8, 4) is 0 Å². The normalized spacial score (nSPS) is 10.6. The van der Waals surface area contributed by atoms with Gasteiger partial charge in [-0.25, -0.2) is 0 Å². The van der Waals surface area contributed by atoms with Gasteiger partial charge < -0.3 is 0 Å². The number of aryl methyl sites for hydroxylation is 1. The van der Waals surface area contributed by atoms with Crippen LogP contribution >= 0.6 is 50.2 Å². The highest BCUT2D eigenvalue weighted by Gasteiger charge is 2.17. The Hall–Kier alpha value is -0.160. The molecule has 0 aliphatic rings. The van der Waals surface area contributed by atoms with Gasteiger partial charge in [-0.05, 0) is 45.9 Å². The van der Waals surface area contributed by atoms with Crippen molar-refractivity contribution in [2.45, 2.75) is 6.92 Å². The molecular weight excluding hydrogens is 316 g/mol. The molecule has 2 rings (SSSR count). The van der Waals surface area contributed by atoms with E-state index < -0.39 is 0 Å². The van der Waals surface area contributed by atoms with Crippen LogP contribution in [0.15, 0.2) is 22.0 Å². The first kappa shape index (κ1) is 11.3. The molecule has 5 heteroatoms. The Morgan fingerprint density at radius 1 is 1.53 bits per heavy atom. The van der Waals surface area contributed by atoms with Gasteiger partial charge in [-0.3, -0.25) is 4.79 Å². The van der Waals surface area contributed by atoms with Crippen molar-refractivity contribution < 1.29 is 4.79 Å². The first-order valence-electron chi connectivity index (χ1n) is 4.13. The fourth-order valence-corrected chi connectivity index (χ4v) is 3.86. The van der Waals surface area contributed by atoms with Crippen molar-refractivity contribution in [1.29, 1.82) is 0 Å². The first-order chi connectivity index (χ1) is 7.09. The maximum absolute atomic E-state index is 12.0. The summed E-state index contributed by atoms with van der Waals surface area (Å²) in [6, 6.07) is 3.71. The van der Waals surface area contributed by atoms with Gasteiger partial charge in [-0.15, -0.1) is 22.7 Å². The predicted molar refractivity (Wildman–Crippen MR) is 69.5 cm³/mol. The molecule has 78 valence electrons. The second-order valence-electron chi connectivity index (χ2n) is 2.99. The maximum atomic E-state index is 12.0. The Morgan fingerprint density at radius 3 is 2.73 bits per heavy atom. The number of halogens is 2. The lowest BCUT2D eigenvalue weighted by Gasteiger charge is -1.93. The standard InChI is InChI=1S/C10H6BrClOS2/c1-5-4-7(15-10(5)12)8(13)9-6(11)2-3-14-9/h2-4H,1H3. The van der Waals surface area contributed by atoms with Crippen molar-refractivity contribution in [2.75, 3.05) is 0 Å². The quantitative estimate of drug-likeness (QED) is 0.729. The fraction of sp³-hybridized carbons (Fsp3) is 0.100. The van der Waals surface area contributed by atoms with Gasteiger partial charge in [0.05, 0.1) is 14.1 Å². The van der Waals surface area contributed by atoms with E-state index in [0.717, 1.165) is 14.9 Å². The van der Waals surface area contributed by atoms with Gasteiger partial charge in [0.25, 0.3) is 0 Å². The number of rotatable bonds is 2. The number of ketones is 1. The Kier molecular flexibility index (Phi) is 3.30. The molecule has 0 fully saturated rings. The topological polar surface area (TPSA) is 17.1 Å². The van der Waals surface area contributed by atoms with Crippen LogP contribution in [0.5, 0.6) is 0 Å². The Balaban J connectivity index is 2.41. The molecule has 2 heterocycles. The lowest BCUT2D eigenvalue weighted by molar-refractivity contribution is 0.104. The van der Waals surface area contributed by atoms with Gasteiger partial charge in [-0.2, -0.15) is 0 Å². The minimum atomic E-state index is 0.0388. The van der Waals surface area contributed by atoms with Crippen LogP contribution in [0, 0.1) is 6.92 Å². The molecule has 0 atom stereocenters. The molecule has 0 radical (unpaired) electrons. The molecule has 0 bridgehead atoms. The van der Waals surface area contributed by atoms with Crippen LogP contribution in [-0.2, 0) is 0 Å². The van der Waals surface area contributed by atoms with Crippen molar-refractivity contribution in [2.24, 2.45) is 0 Å². The van der Waals surface area contributed by atoms with Crippen LogP contribution < -0.4 is 0 Å². The molecule has 0 aromatic carbocycles. The summed E-state index contributed by atoms with van der Waals surface area (Å²) in [6.07, 6.45) is 0. The molecule has 0 amide bonds. The summed E-state index contributed by atoms with van der Waals surface area (Å²) in [5.74, 6) is 0.0388. The van der Waals surface area contributed by atoms with E-state index in [1.807, 2.05) is 24.4 Å². The molecule has 0 saturated heterocycles. The van der Waals surface area contributed by atoms with Crippen molar-refractivity contribution in [3.05, 3.63) is 41.6 Å². The highest BCUT2D eigenvalue weighted by Crippen LogP contribution is 2.32. The van der Waals surface area contributed by atoms with Crippen LogP contribution in [0.1, 0.15) is 20.1 Å². The predicted octanol–water partition coefficient (Wildman–Crippen LogP) is 4.76. The highest BCUT2D eigenvalue weighted by atomic mass is 79.9. The van der Waals surface area contributed by atoms with Gasteiger partial charge in [0.15, 0.2) is 0 Å². The number of hydrogen-bond acceptors (Lipinski definition) is 3. The van der Waals surface area contributed by atoms with Gasteiger partial charge >= 0.3 is 0 Å². The average Bonchev–Trinajstić information content (AvgIpc) is 2.74. The van der Waals surface area contributed by atoms with E-state index >= 15 is 0 Å². The highest BCUT2D eigenvalue weighted by molar-refractivity contribution is 9.10. The lowest BCUT2D eigenvalue weighted by atomic mass is 10.2. The van der Waals surface area contributed by atoms with Crippen LogP contribution in [0.3, 0.4) is 0 Å². The molecule has 2 aromatic heterocycles. The zero-order chi connectivity index (χ0) is 11.0. The molecule has 1 nitrogen and oxygen atoms in total. The summed E-state index contributed by atoms with van der Waals surface area (Å²) in [5, 5.41) is 1.89. The van der Waals surface area contributed by atoms with Crippen LogP contribution in [0.25, 0.3) is 0 Å². The maximum Gasteiger partial charge on any atom is 0.214 e. The molecule has 0 aliphatic heterocycles. The third-order valence-corrected chi connectivity index (χ3v) is 5.29. The fourth-order valence-electron chi connectivity index (χ4n) is 1.14. The van der Waals surface area contributed by atoms with Gasteiger partial charge in [0.1, 0.15) is 0 Å². The van der Waals surface area contributed by atoms with E-state index in [4.69, 9.17) is 11.6 Å². The molecule has 0 spiro atoms. The van der Waals surface area contributed by atoms with Crippen LogP contribution in [-0.4, -0.2) is 5.78 Å². The Bertz CT molecular complexity index is 496. The molecule has 15 heavy (non-hydrogen) atoms. The smallest absolute Gasteiger partial charge is 0.214 e. The monoisotopic (exact) mass is 320 g/mol. The van der Waals surface area contributed by atoms with E-state index in [1.54, 1.807) is 0 Å². The summed E-state index contributed by atoms with van der Waals surface area (Å²) < 4.78 is 1.53. The van der Waals surface area contributed by atoms with Crippen LogP contribution in [0.2, 0.25) is 4.34 Å². The Labute approximate surface area is 109 Å². The third-order valence-electron chi connectivity index (χ3n) is 1.90. The molecule has 0 aliphatic carbocycles. The zero-order valence-corrected chi connectivity index (χ0v) is 11.7. The molecule has 0 unspecified atom stereocenters. The summed E-state index contributed by atoms with van der Waals surface area (Å²) >= 11 is 12.0.